The molecule has 5 nitrogen and oxygen atoms in total. The zero-order valence-corrected chi connectivity index (χ0v) is 19.3. The normalized spacial score (nSPS) is 21.5. The van der Waals surface area contributed by atoms with Crippen LogP contribution in [0.15, 0.2) is 34.2 Å². The van der Waals surface area contributed by atoms with Gasteiger partial charge in [-0.3, -0.25) is 0 Å². The van der Waals surface area contributed by atoms with E-state index in [-0.39, 0.29) is 0 Å². The Labute approximate surface area is 185 Å². The smallest absolute Gasteiger partial charge is 0.0811 e. The van der Waals surface area contributed by atoms with Gasteiger partial charge in [-0.2, -0.15) is 0 Å². The zero-order valence-electron chi connectivity index (χ0n) is 17.7. The van der Waals surface area contributed by atoms with Crippen LogP contribution in [0.2, 0.25) is 0 Å². The second kappa shape index (κ2) is 8.50. The molecule has 3 aliphatic rings. The van der Waals surface area contributed by atoms with Crippen molar-refractivity contribution in [1.82, 2.24) is 5.32 Å². The van der Waals surface area contributed by atoms with Crippen LogP contribution in [0, 0.1) is 18.4 Å². The minimum absolute atomic E-state index is 0.516. The van der Waals surface area contributed by atoms with E-state index >= 15 is 0 Å². The van der Waals surface area contributed by atoms with E-state index in [0.29, 0.717) is 0 Å². The number of nitrogens with zero attached hydrogens (tertiary/aromatic N) is 3. The van der Waals surface area contributed by atoms with Gasteiger partial charge in [0.15, 0.2) is 0 Å². The molecule has 1 N–H and O–H groups in total. The summed E-state index contributed by atoms with van der Waals surface area (Å²) < 4.78 is 6.69. The summed E-state index contributed by atoms with van der Waals surface area (Å²) in [5, 5.41) is 4.55. The third-order valence-corrected chi connectivity index (χ3v) is 8.58. The number of aryl methyl sites for hydroxylation is 2. The molecule has 0 amide bonds. The zero-order chi connectivity index (χ0) is 20.7. The monoisotopic (exact) mass is 444 g/mol. The summed E-state index contributed by atoms with van der Waals surface area (Å²) in [5.74, 6) is 0. The Hall–Kier alpha value is -1.60. The Balaban J connectivity index is 1.62. The van der Waals surface area contributed by atoms with Crippen molar-refractivity contribution < 1.29 is 4.74 Å². The first-order chi connectivity index (χ1) is 14.6. The van der Waals surface area contributed by atoms with Crippen LogP contribution in [0.4, 0.5) is 17.1 Å². The van der Waals surface area contributed by atoms with E-state index in [9.17, 15) is 0 Å². The van der Waals surface area contributed by atoms with E-state index in [4.69, 9.17) is 20.4 Å². The SMILES string of the molecule is Cc1cc(N2CCOCC2)cc2c1N=c1c(C)cc(N3CCCNCC3)cc1=S2Cl. The third kappa shape index (κ3) is 3.75. The van der Waals surface area contributed by atoms with Gasteiger partial charge in [-0.15, -0.1) is 0 Å². The number of ether oxygens (including phenoxy) is 1. The van der Waals surface area contributed by atoms with E-state index in [0.717, 1.165) is 79.4 Å². The Kier molecular flexibility index (Phi) is 5.75. The van der Waals surface area contributed by atoms with Crippen molar-refractivity contribution in [3.05, 3.63) is 45.3 Å². The molecule has 0 radical (unpaired) electrons. The number of morpholine rings is 1. The van der Waals surface area contributed by atoms with Crippen molar-refractivity contribution in [1.29, 1.82) is 0 Å². The standard InChI is InChI=1S/C23H29ClN4OS/c1-16-12-18(27-6-3-4-25-5-7-27)14-20-22(16)26-23-17(2)13-19(15-21(23)30(20)24)28-8-10-29-11-9-28/h12-15,25H,3-11H2,1-2H3. The average molecular weight is 445 g/mol. The van der Waals surface area contributed by atoms with Crippen molar-refractivity contribution in [2.24, 2.45) is 4.99 Å². The predicted molar refractivity (Wildman–Crippen MR) is 126 cm³/mol. The van der Waals surface area contributed by atoms with Gasteiger partial charge in [0.05, 0.1) is 24.3 Å². The van der Waals surface area contributed by atoms with Crippen LogP contribution in [-0.4, -0.2) is 52.5 Å². The molecule has 1 atom stereocenters. The molecule has 3 aliphatic heterocycles. The van der Waals surface area contributed by atoms with Gasteiger partial charge in [0.1, 0.15) is 0 Å². The quantitative estimate of drug-likeness (QED) is 0.712. The Morgan fingerprint density at radius 1 is 0.933 bits per heavy atom. The van der Waals surface area contributed by atoms with Crippen LogP contribution in [0.25, 0.3) is 0 Å². The van der Waals surface area contributed by atoms with Crippen LogP contribution in [-0.2, 0) is 4.74 Å². The van der Waals surface area contributed by atoms with Crippen LogP contribution >= 0.6 is 20.4 Å². The first-order valence-corrected chi connectivity index (χ1v) is 12.9. The van der Waals surface area contributed by atoms with Gasteiger partial charge < -0.3 is 19.9 Å². The first kappa shape index (κ1) is 20.3. The second-order valence-electron chi connectivity index (χ2n) is 8.28. The number of hydrogen-bond acceptors (Lipinski definition) is 5. The highest BCUT2D eigenvalue weighted by Crippen LogP contribution is 2.46. The van der Waals surface area contributed by atoms with E-state index in [1.54, 1.807) is 0 Å². The number of rotatable bonds is 2. The molecule has 7 heteroatoms. The number of nitrogens with one attached hydrogen (secondary N) is 1. The summed E-state index contributed by atoms with van der Waals surface area (Å²) in [6, 6.07) is 9.08. The van der Waals surface area contributed by atoms with Gasteiger partial charge in [-0.1, -0.05) is 9.70 Å². The van der Waals surface area contributed by atoms with Crippen LogP contribution < -0.4 is 20.5 Å². The van der Waals surface area contributed by atoms with Gasteiger partial charge in [0.25, 0.3) is 0 Å². The van der Waals surface area contributed by atoms with Gasteiger partial charge in [0.2, 0.25) is 0 Å². The van der Waals surface area contributed by atoms with E-state index < -0.39 is 9.70 Å². The fourth-order valence-corrected chi connectivity index (χ4v) is 6.68. The number of halogens is 1. The summed E-state index contributed by atoms with van der Waals surface area (Å²) in [6.45, 7) is 12.0. The Morgan fingerprint density at radius 2 is 1.67 bits per heavy atom. The van der Waals surface area contributed by atoms with E-state index in [1.165, 1.54) is 22.5 Å². The molecule has 0 spiro atoms. The number of fused-ring (bicyclic) bond motifs is 2. The number of benzene rings is 2. The highest BCUT2D eigenvalue weighted by Gasteiger charge is 2.20. The maximum atomic E-state index is 7.17. The van der Waals surface area contributed by atoms with Crippen LogP contribution in [0.3, 0.4) is 0 Å². The van der Waals surface area contributed by atoms with Crippen molar-refractivity contribution in [3.8, 4) is 0 Å². The fraction of sp³-hybridized carbons (Fsp3) is 0.478. The lowest BCUT2D eigenvalue weighted by Gasteiger charge is -2.30. The van der Waals surface area contributed by atoms with Crippen LogP contribution in [0.5, 0.6) is 0 Å². The lowest BCUT2D eigenvalue weighted by molar-refractivity contribution is 0.122. The molecule has 0 aromatic heterocycles. The molecule has 160 valence electrons. The minimum atomic E-state index is -0.516. The summed E-state index contributed by atoms with van der Waals surface area (Å²) in [6.07, 6.45) is 1.16. The highest BCUT2D eigenvalue weighted by molar-refractivity contribution is 8.29. The van der Waals surface area contributed by atoms with Gasteiger partial charge in [-0.05, 0) is 72.9 Å². The summed E-state index contributed by atoms with van der Waals surface area (Å²) in [4.78, 5) is 11.1. The molecule has 2 aromatic carbocycles. The van der Waals surface area contributed by atoms with E-state index in [1.807, 2.05) is 0 Å². The van der Waals surface area contributed by atoms with Gasteiger partial charge in [-0.25, -0.2) is 4.99 Å². The van der Waals surface area contributed by atoms with Crippen LogP contribution in [0.1, 0.15) is 17.5 Å². The molecule has 0 aliphatic carbocycles. The molecule has 5 rings (SSSR count). The lowest BCUT2D eigenvalue weighted by atomic mass is 10.1. The molecule has 0 bridgehead atoms. The fourth-order valence-electron chi connectivity index (χ4n) is 4.54. The van der Waals surface area contributed by atoms with Gasteiger partial charge >= 0.3 is 0 Å². The average Bonchev–Trinajstić information content (AvgIpc) is 3.05. The molecule has 3 heterocycles. The molecule has 0 saturated carbocycles. The largest absolute Gasteiger partial charge is 0.378 e. The van der Waals surface area contributed by atoms with Gasteiger partial charge in [0, 0.05) is 53.5 Å². The summed E-state index contributed by atoms with van der Waals surface area (Å²) in [5.41, 5.74) is 5.96. The number of hydrogen-bond donors (Lipinski definition) is 1. The topological polar surface area (TPSA) is 40.1 Å². The van der Waals surface area contributed by atoms with E-state index in [2.05, 4.69) is 53.2 Å². The Morgan fingerprint density at radius 3 is 2.50 bits per heavy atom. The summed E-state index contributed by atoms with van der Waals surface area (Å²) in [7, 11) is 6.65. The molecule has 1 unspecified atom stereocenters. The first-order valence-electron chi connectivity index (χ1n) is 10.8. The molecule has 2 fully saturated rings. The maximum Gasteiger partial charge on any atom is 0.0811 e. The molecule has 2 aromatic rings. The van der Waals surface area contributed by atoms with Crippen molar-refractivity contribution in [2.45, 2.75) is 25.2 Å². The highest BCUT2D eigenvalue weighted by atomic mass is 35.7. The molecular formula is C23H29ClN4OS. The van der Waals surface area contributed by atoms with Crippen molar-refractivity contribution in [3.63, 3.8) is 0 Å². The van der Waals surface area contributed by atoms with Crippen molar-refractivity contribution in [2.75, 3.05) is 62.3 Å². The Bertz CT molecular complexity index is 1090. The third-order valence-electron chi connectivity index (χ3n) is 6.19. The lowest BCUT2D eigenvalue weighted by Crippen LogP contribution is -2.36. The summed E-state index contributed by atoms with van der Waals surface area (Å²) >= 11 is 0. The van der Waals surface area contributed by atoms with Crippen molar-refractivity contribution >= 4 is 37.4 Å². The minimum Gasteiger partial charge on any atom is -0.378 e. The molecule has 2 saturated heterocycles. The second-order valence-corrected chi connectivity index (χ2v) is 10.6. The molecule has 30 heavy (non-hydrogen) atoms. The number of anilines is 2. The predicted octanol–water partition coefficient (Wildman–Crippen LogP) is 3.94. The molecular weight excluding hydrogens is 416 g/mol. The maximum absolute atomic E-state index is 7.17.